The van der Waals surface area contributed by atoms with Gasteiger partial charge in [0.15, 0.2) is 0 Å². The molecule has 0 saturated carbocycles. The van der Waals surface area contributed by atoms with Crippen LogP contribution in [-0.2, 0) is 0 Å². The van der Waals surface area contributed by atoms with Gasteiger partial charge in [0.1, 0.15) is 0 Å². The minimum atomic E-state index is -0.266. The van der Waals surface area contributed by atoms with Crippen molar-refractivity contribution in [2.45, 2.75) is 13.8 Å². The second-order valence-electron chi connectivity index (χ2n) is 3.58. The first-order valence-corrected chi connectivity index (χ1v) is 4.36. The molecule has 6 heteroatoms. The number of aromatic nitrogens is 2. The zero-order chi connectivity index (χ0) is 10.7. The Morgan fingerprint density at radius 3 is 2.64 bits per heavy atom. The number of hydrogen-bond donors (Lipinski definition) is 1. The van der Waals surface area contributed by atoms with Crippen LogP contribution in [0.15, 0.2) is 4.63 Å². The topological polar surface area (TPSA) is 85.2 Å². The molecule has 0 saturated heterocycles. The van der Waals surface area contributed by atoms with Crippen molar-refractivity contribution < 1.29 is 9.42 Å². The highest BCUT2D eigenvalue weighted by Gasteiger charge is 2.20. The van der Waals surface area contributed by atoms with Crippen LogP contribution in [0.3, 0.4) is 0 Å². The average molecular weight is 198 g/mol. The lowest BCUT2D eigenvalue weighted by Gasteiger charge is -2.17. The van der Waals surface area contributed by atoms with Crippen molar-refractivity contribution in [1.82, 2.24) is 15.2 Å². The number of rotatable bonds is 3. The quantitative estimate of drug-likeness (QED) is 0.758. The maximum absolute atomic E-state index is 11.6. The molecule has 0 radical (unpaired) electrons. The van der Waals surface area contributed by atoms with Gasteiger partial charge in [-0.3, -0.25) is 4.79 Å². The molecule has 0 atom stereocenters. The van der Waals surface area contributed by atoms with Gasteiger partial charge >= 0.3 is 0 Å². The number of carbonyl (C=O) groups excluding carboxylic acids is 1. The van der Waals surface area contributed by atoms with E-state index in [0.29, 0.717) is 12.5 Å². The van der Waals surface area contributed by atoms with Crippen LogP contribution >= 0.6 is 0 Å². The highest BCUT2D eigenvalue weighted by atomic mass is 16.6. The molecule has 0 unspecified atom stereocenters. The molecule has 0 spiro atoms. The zero-order valence-electron chi connectivity index (χ0n) is 8.52. The number of hydrogen-bond acceptors (Lipinski definition) is 5. The Hall–Kier alpha value is -1.59. The Morgan fingerprint density at radius 1 is 1.57 bits per heavy atom. The Labute approximate surface area is 82.0 Å². The Kier molecular flexibility index (Phi) is 3.06. The Bertz CT molecular complexity index is 321. The van der Waals surface area contributed by atoms with Crippen LogP contribution in [0.5, 0.6) is 0 Å². The van der Waals surface area contributed by atoms with Gasteiger partial charge in [0.05, 0.1) is 0 Å². The van der Waals surface area contributed by atoms with E-state index in [0.717, 1.165) is 0 Å². The molecule has 0 bridgehead atoms. The maximum atomic E-state index is 11.6. The van der Waals surface area contributed by atoms with Crippen LogP contribution in [0.4, 0.5) is 5.82 Å². The molecular weight excluding hydrogens is 184 g/mol. The fourth-order valence-corrected chi connectivity index (χ4v) is 1.16. The Morgan fingerprint density at radius 2 is 2.21 bits per heavy atom. The third-order valence-corrected chi connectivity index (χ3v) is 1.70. The molecule has 0 aromatic carbocycles. The summed E-state index contributed by atoms with van der Waals surface area (Å²) in [4.78, 5) is 13.2. The second kappa shape index (κ2) is 4.08. The Balaban J connectivity index is 2.71. The normalized spacial score (nSPS) is 10.6. The summed E-state index contributed by atoms with van der Waals surface area (Å²) in [6.07, 6.45) is 0. The van der Waals surface area contributed by atoms with E-state index in [4.69, 9.17) is 5.73 Å². The molecular formula is C8H14N4O2. The summed E-state index contributed by atoms with van der Waals surface area (Å²) in [6.45, 7) is 4.69. The van der Waals surface area contributed by atoms with Crippen LogP contribution in [-0.4, -0.2) is 34.7 Å². The number of nitrogen functional groups attached to an aromatic ring is 1. The highest BCUT2D eigenvalue weighted by molar-refractivity contribution is 5.95. The lowest BCUT2D eigenvalue weighted by atomic mass is 10.2. The van der Waals surface area contributed by atoms with Gasteiger partial charge in [0.25, 0.3) is 5.91 Å². The zero-order valence-corrected chi connectivity index (χ0v) is 8.52. The fraction of sp³-hybridized carbons (Fsp3) is 0.625. The van der Waals surface area contributed by atoms with Crippen molar-refractivity contribution in [3.8, 4) is 0 Å². The van der Waals surface area contributed by atoms with E-state index in [-0.39, 0.29) is 17.4 Å². The standard InChI is InChI=1S/C8H14N4O2/c1-5(2)4-12(3)8(13)6-7(9)11-14-10-6/h5H,4H2,1-3H3,(H2,9,11). The van der Waals surface area contributed by atoms with Crippen molar-refractivity contribution in [2.75, 3.05) is 19.3 Å². The first-order chi connectivity index (χ1) is 6.52. The number of nitrogens with two attached hydrogens (primary N) is 1. The summed E-state index contributed by atoms with van der Waals surface area (Å²) >= 11 is 0. The first-order valence-electron chi connectivity index (χ1n) is 4.36. The largest absolute Gasteiger partial charge is 0.379 e. The maximum Gasteiger partial charge on any atom is 0.279 e. The van der Waals surface area contributed by atoms with Crippen LogP contribution in [0.2, 0.25) is 0 Å². The smallest absolute Gasteiger partial charge is 0.279 e. The second-order valence-corrected chi connectivity index (χ2v) is 3.58. The van der Waals surface area contributed by atoms with E-state index >= 15 is 0 Å². The van der Waals surface area contributed by atoms with Gasteiger partial charge in [0, 0.05) is 13.6 Å². The van der Waals surface area contributed by atoms with E-state index in [9.17, 15) is 4.79 Å². The molecule has 1 aromatic heterocycles. The van der Waals surface area contributed by atoms with E-state index in [1.165, 1.54) is 0 Å². The molecule has 1 heterocycles. The van der Waals surface area contributed by atoms with Gasteiger partial charge in [-0.2, -0.15) is 0 Å². The van der Waals surface area contributed by atoms with Gasteiger partial charge in [-0.05, 0) is 16.2 Å². The number of carbonyl (C=O) groups is 1. The lowest BCUT2D eigenvalue weighted by Crippen LogP contribution is -2.31. The van der Waals surface area contributed by atoms with Crippen molar-refractivity contribution in [3.05, 3.63) is 5.69 Å². The molecule has 1 rings (SSSR count). The molecule has 0 aliphatic carbocycles. The van der Waals surface area contributed by atoms with E-state index < -0.39 is 0 Å². The molecule has 0 fully saturated rings. The third-order valence-electron chi connectivity index (χ3n) is 1.70. The van der Waals surface area contributed by atoms with Crippen molar-refractivity contribution >= 4 is 11.7 Å². The summed E-state index contributed by atoms with van der Waals surface area (Å²) in [5.41, 5.74) is 5.47. The molecule has 78 valence electrons. The molecule has 14 heavy (non-hydrogen) atoms. The molecule has 6 nitrogen and oxygen atoms in total. The monoisotopic (exact) mass is 198 g/mol. The summed E-state index contributed by atoms with van der Waals surface area (Å²) in [5, 5.41) is 6.79. The molecule has 1 aromatic rings. The minimum Gasteiger partial charge on any atom is -0.379 e. The van der Waals surface area contributed by atoms with Gasteiger partial charge in [0.2, 0.25) is 11.5 Å². The van der Waals surface area contributed by atoms with Gasteiger partial charge in [-0.15, -0.1) is 0 Å². The van der Waals surface area contributed by atoms with E-state index in [1.54, 1.807) is 11.9 Å². The lowest BCUT2D eigenvalue weighted by molar-refractivity contribution is 0.0769. The SMILES string of the molecule is CC(C)CN(C)C(=O)c1nonc1N. The van der Waals surface area contributed by atoms with Gasteiger partial charge in [-0.25, -0.2) is 4.63 Å². The molecule has 2 N–H and O–H groups in total. The van der Waals surface area contributed by atoms with Gasteiger partial charge < -0.3 is 10.6 Å². The first kappa shape index (κ1) is 10.5. The summed E-state index contributed by atoms with van der Waals surface area (Å²) < 4.78 is 4.35. The molecule has 0 aliphatic heterocycles. The summed E-state index contributed by atoms with van der Waals surface area (Å²) in [7, 11) is 1.69. The third kappa shape index (κ3) is 2.21. The van der Waals surface area contributed by atoms with E-state index in [1.807, 2.05) is 13.8 Å². The van der Waals surface area contributed by atoms with Crippen LogP contribution < -0.4 is 5.73 Å². The fourth-order valence-electron chi connectivity index (χ4n) is 1.16. The van der Waals surface area contributed by atoms with Crippen LogP contribution in [0.25, 0.3) is 0 Å². The predicted octanol–water partition coefficient (Wildman–Crippen LogP) is 0.380. The average Bonchev–Trinajstić information content (AvgIpc) is 2.48. The summed E-state index contributed by atoms with van der Waals surface area (Å²) in [6, 6.07) is 0. The minimum absolute atomic E-state index is 0.0330. The number of anilines is 1. The molecule has 0 aliphatic rings. The molecule has 1 amide bonds. The predicted molar refractivity (Wildman–Crippen MR) is 50.5 cm³/mol. The van der Waals surface area contributed by atoms with E-state index in [2.05, 4.69) is 14.9 Å². The van der Waals surface area contributed by atoms with Crippen molar-refractivity contribution in [2.24, 2.45) is 5.92 Å². The summed E-state index contributed by atoms with van der Waals surface area (Å²) in [5.74, 6) is 0.160. The van der Waals surface area contributed by atoms with Crippen LogP contribution in [0, 0.1) is 5.92 Å². The van der Waals surface area contributed by atoms with Gasteiger partial charge in [-0.1, -0.05) is 13.8 Å². The number of amides is 1. The number of nitrogens with zero attached hydrogens (tertiary/aromatic N) is 3. The van der Waals surface area contributed by atoms with Crippen molar-refractivity contribution in [3.63, 3.8) is 0 Å². The van der Waals surface area contributed by atoms with Crippen molar-refractivity contribution in [1.29, 1.82) is 0 Å². The highest BCUT2D eigenvalue weighted by Crippen LogP contribution is 2.08. The van der Waals surface area contributed by atoms with Crippen LogP contribution in [0.1, 0.15) is 24.3 Å².